The summed E-state index contributed by atoms with van der Waals surface area (Å²) in [7, 11) is 0. The third-order valence-electron chi connectivity index (χ3n) is 3.70. The molecular weight excluding hydrogens is 462 g/mol. The molecular formula is C19H14BrN3O5S. The molecule has 0 unspecified atom stereocenters. The topological polar surface area (TPSA) is 111 Å². The molecule has 0 radical (unpaired) electrons. The van der Waals surface area contributed by atoms with Crippen molar-refractivity contribution in [2.45, 2.75) is 13.5 Å². The molecule has 0 aliphatic carbocycles. The summed E-state index contributed by atoms with van der Waals surface area (Å²) in [5.74, 6) is -0.222. The van der Waals surface area contributed by atoms with Gasteiger partial charge in [0.1, 0.15) is 12.4 Å². The zero-order valence-electron chi connectivity index (χ0n) is 15.0. The van der Waals surface area contributed by atoms with Crippen LogP contribution in [0.1, 0.15) is 18.1 Å². The van der Waals surface area contributed by atoms with E-state index >= 15 is 0 Å². The van der Waals surface area contributed by atoms with Gasteiger partial charge in [-0.25, -0.2) is 0 Å². The molecule has 1 aliphatic rings. The van der Waals surface area contributed by atoms with Crippen LogP contribution in [0, 0.1) is 10.1 Å². The summed E-state index contributed by atoms with van der Waals surface area (Å²) in [4.78, 5) is 37.7. The van der Waals surface area contributed by atoms with Gasteiger partial charge in [-0.15, -0.1) is 0 Å². The van der Waals surface area contributed by atoms with Crippen LogP contribution in [-0.2, 0) is 16.2 Å². The monoisotopic (exact) mass is 475 g/mol. The fourth-order valence-electron chi connectivity index (χ4n) is 2.39. The molecule has 0 atom stereocenters. The highest BCUT2D eigenvalue weighted by atomic mass is 79.9. The fraction of sp³-hybridized carbons (Fsp3) is 0.105. The number of thioether (sulfide) groups is 1. The molecule has 10 heteroatoms. The lowest BCUT2D eigenvalue weighted by molar-refractivity contribution is -0.384. The van der Waals surface area contributed by atoms with Gasteiger partial charge in [0.2, 0.25) is 5.91 Å². The van der Waals surface area contributed by atoms with Crippen LogP contribution in [0.25, 0.3) is 6.08 Å². The van der Waals surface area contributed by atoms with Crippen LogP contribution < -0.4 is 10.1 Å². The number of aliphatic imine (C=N–C) groups is 1. The van der Waals surface area contributed by atoms with Gasteiger partial charge >= 0.3 is 0 Å². The summed E-state index contributed by atoms with van der Waals surface area (Å²) in [5, 5.41) is 13.5. The lowest BCUT2D eigenvalue weighted by Gasteiger charge is -2.10. The number of amidine groups is 1. The van der Waals surface area contributed by atoms with Crippen LogP contribution in [0.3, 0.4) is 0 Å². The second kappa shape index (κ2) is 9.01. The van der Waals surface area contributed by atoms with Crippen molar-refractivity contribution in [3.05, 3.63) is 73.1 Å². The van der Waals surface area contributed by atoms with E-state index < -0.39 is 10.8 Å². The normalized spacial score (nSPS) is 14.6. The number of nitrogens with one attached hydrogen (secondary N) is 1. The Bertz CT molecular complexity index is 1050. The number of halogens is 1. The maximum Gasteiger partial charge on any atom is 0.286 e. The van der Waals surface area contributed by atoms with Crippen molar-refractivity contribution >= 4 is 56.4 Å². The largest absolute Gasteiger partial charge is 0.488 e. The maximum atomic E-state index is 12.1. The number of nitrogens with zero attached hydrogens (tertiary/aromatic N) is 2. The van der Waals surface area contributed by atoms with Gasteiger partial charge in [-0.2, -0.15) is 4.99 Å². The van der Waals surface area contributed by atoms with E-state index in [9.17, 15) is 19.7 Å². The van der Waals surface area contributed by atoms with E-state index in [1.54, 1.807) is 36.4 Å². The van der Waals surface area contributed by atoms with E-state index in [0.717, 1.165) is 21.8 Å². The number of carbonyl (C=O) groups excluding carboxylic acids is 2. The van der Waals surface area contributed by atoms with Crippen molar-refractivity contribution in [2.75, 3.05) is 0 Å². The first-order valence-electron chi connectivity index (χ1n) is 8.27. The zero-order valence-corrected chi connectivity index (χ0v) is 17.5. The number of rotatable bonds is 5. The van der Waals surface area contributed by atoms with Gasteiger partial charge < -0.3 is 10.1 Å². The lowest BCUT2D eigenvalue weighted by atomic mass is 10.1. The first-order valence-corrected chi connectivity index (χ1v) is 9.88. The first kappa shape index (κ1) is 20.7. The molecule has 3 rings (SSSR count). The quantitative estimate of drug-likeness (QED) is 0.396. The third kappa shape index (κ3) is 5.52. The molecule has 2 amide bonds. The number of amides is 2. The minimum absolute atomic E-state index is 0.00885. The SMILES string of the molecule is CC(=O)NC1=NC(=O)C(=Cc2cc(Br)ccc2OCc2ccc([N+](=O)[O-])cc2)S1. The van der Waals surface area contributed by atoms with Gasteiger partial charge in [0, 0.05) is 29.1 Å². The molecule has 0 fully saturated rings. The Balaban J connectivity index is 1.77. The smallest absolute Gasteiger partial charge is 0.286 e. The number of carbonyl (C=O) groups is 2. The number of benzene rings is 2. The van der Waals surface area contributed by atoms with Gasteiger partial charge in [0.15, 0.2) is 5.17 Å². The number of ether oxygens (including phenoxy) is 1. The number of nitro groups is 1. The summed E-state index contributed by atoms with van der Waals surface area (Å²) >= 11 is 4.47. The zero-order chi connectivity index (χ0) is 21.0. The van der Waals surface area contributed by atoms with Crippen LogP contribution in [0.5, 0.6) is 5.75 Å². The predicted octanol–water partition coefficient (Wildman–Crippen LogP) is 4.04. The Morgan fingerprint density at radius 1 is 1.31 bits per heavy atom. The summed E-state index contributed by atoms with van der Waals surface area (Å²) in [5.41, 5.74) is 1.42. The average Bonchev–Trinajstić information content (AvgIpc) is 2.99. The minimum Gasteiger partial charge on any atom is -0.488 e. The van der Waals surface area contributed by atoms with Gasteiger partial charge in [-0.1, -0.05) is 15.9 Å². The molecule has 0 aromatic heterocycles. The number of hydrogen-bond donors (Lipinski definition) is 1. The summed E-state index contributed by atoms with van der Waals surface area (Å²) in [6.45, 7) is 1.54. The van der Waals surface area contributed by atoms with E-state index in [0.29, 0.717) is 16.2 Å². The number of non-ortho nitro benzene ring substituents is 1. The molecule has 8 nitrogen and oxygen atoms in total. The van der Waals surface area contributed by atoms with E-state index in [1.165, 1.54) is 19.1 Å². The Hall–Kier alpha value is -2.98. The van der Waals surface area contributed by atoms with Crippen molar-refractivity contribution in [3.63, 3.8) is 0 Å². The Morgan fingerprint density at radius 3 is 2.69 bits per heavy atom. The maximum absolute atomic E-state index is 12.1. The van der Waals surface area contributed by atoms with Gasteiger partial charge in [-0.3, -0.25) is 19.7 Å². The van der Waals surface area contributed by atoms with E-state index in [2.05, 4.69) is 26.2 Å². The minimum atomic E-state index is -0.461. The van der Waals surface area contributed by atoms with E-state index in [-0.39, 0.29) is 23.4 Å². The standard InChI is InChI=1S/C19H14BrN3O5S/c1-11(24)21-19-22-18(25)17(29-19)9-13-8-14(20)4-7-16(13)28-10-12-2-5-15(6-3-12)23(26)27/h2-9H,10H2,1H3,(H,21,22,24,25). The van der Waals surface area contributed by atoms with E-state index in [4.69, 9.17) is 4.74 Å². The third-order valence-corrected chi connectivity index (χ3v) is 5.10. The Kier molecular flexibility index (Phi) is 6.45. The molecule has 0 bridgehead atoms. The van der Waals surface area contributed by atoms with Gasteiger partial charge in [-0.05, 0) is 53.7 Å². The van der Waals surface area contributed by atoms with Gasteiger partial charge in [0.25, 0.3) is 11.6 Å². The van der Waals surface area contributed by atoms with Crippen LogP contribution in [0.4, 0.5) is 5.69 Å². The first-order chi connectivity index (χ1) is 13.8. The van der Waals surface area contributed by atoms with Crippen molar-refractivity contribution in [1.29, 1.82) is 0 Å². The molecule has 2 aromatic rings. The molecule has 2 aromatic carbocycles. The fourth-order valence-corrected chi connectivity index (χ4v) is 3.62. The molecule has 1 heterocycles. The molecule has 0 spiro atoms. The summed E-state index contributed by atoms with van der Waals surface area (Å²) < 4.78 is 6.65. The second-order valence-corrected chi connectivity index (χ2v) is 7.85. The van der Waals surface area contributed by atoms with Crippen LogP contribution >= 0.6 is 27.7 Å². The highest BCUT2D eigenvalue weighted by Gasteiger charge is 2.23. The average molecular weight is 476 g/mol. The number of nitro benzene ring substituents is 1. The van der Waals surface area contributed by atoms with Crippen molar-refractivity contribution in [2.24, 2.45) is 4.99 Å². The highest BCUT2D eigenvalue weighted by molar-refractivity contribution is 9.10. The van der Waals surface area contributed by atoms with Crippen LogP contribution in [0.15, 0.2) is 56.8 Å². The predicted molar refractivity (Wildman–Crippen MR) is 113 cm³/mol. The highest BCUT2D eigenvalue weighted by Crippen LogP contribution is 2.32. The van der Waals surface area contributed by atoms with Crippen molar-refractivity contribution < 1.29 is 19.2 Å². The Labute approximate surface area is 178 Å². The molecule has 1 aliphatic heterocycles. The van der Waals surface area contributed by atoms with Crippen LogP contribution in [-0.4, -0.2) is 21.9 Å². The molecule has 29 heavy (non-hydrogen) atoms. The molecule has 148 valence electrons. The lowest BCUT2D eigenvalue weighted by Crippen LogP contribution is -2.23. The van der Waals surface area contributed by atoms with Crippen molar-refractivity contribution in [1.82, 2.24) is 5.32 Å². The molecule has 0 saturated carbocycles. The van der Waals surface area contributed by atoms with Crippen molar-refractivity contribution in [3.8, 4) is 5.75 Å². The Morgan fingerprint density at radius 2 is 2.03 bits per heavy atom. The number of hydrogen-bond acceptors (Lipinski definition) is 6. The van der Waals surface area contributed by atoms with Crippen LogP contribution in [0.2, 0.25) is 0 Å². The van der Waals surface area contributed by atoms with E-state index in [1.807, 2.05) is 0 Å². The molecule has 0 saturated heterocycles. The summed E-state index contributed by atoms with van der Waals surface area (Å²) in [6, 6.07) is 11.4. The molecule has 1 N–H and O–H groups in total. The second-order valence-electron chi connectivity index (χ2n) is 5.91. The van der Waals surface area contributed by atoms with Gasteiger partial charge in [0.05, 0.1) is 9.83 Å². The summed E-state index contributed by atoms with van der Waals surface area (Å²) in [6.07, 6.45) is 1.64.